The highest BCUT2D eigenvalue weighted by molar-refractivity contribution is 6.37. The van der Waals surface area contributed by atoms with Crippen LogP contribution in [0.4, 0.5) is 0 Å². The van der Waals surface area contributed by atoms with E-state index in [4.69, 9.17) is 15.4 Å². The molecule has 0 amide bonds. The van der Waals surface area contributed by atoms with Crippen molar-refractivity contribution in [1.82, 2.24) is 9.97 Å². The van der Waals surface area contributed by atoms with Gasteiger partial charge in [0.05, 0.1) is 34.9 Å². The van der Waals surface area contributed by atoms with Crippen LogP contribution in [0.5, 0.6) is 0 Å². The third kappa shape index (κ3) is 4.55. The number of fused-ring (bicyclic) bond motifs is 6. The van der Waals surface area contributed by atoms with E-state index in [0.717, 1.165) is 60.9 Å². The molecule has 1 heterocycles. The van der Waals surface area contributed by atoms with E-state index in [-0.39, 0.29) is 0 Å². The normalized spacial score (nSPS) is 11.4. The van der Waals surface area contributed by atoms with Gasteiger partial charge in [-0.15, -0.1) is 0 Å². The Bertz CT molecular complexity index is 2160. The van der Waals surface area contributed by atoms with Crippen LogP contribution in [0.2, 0.25) is 0 Å². The van der Waals surface area contributed by atoms with Crippen LogP contribution in [-0.2, 0) is 0 Å². The van der Waals surface area contributed by atoms with Gasteiger partial charge in [0, 0.05) is 28.1 Å². The monoisotopic (exact) mass is 538 g/mol. The van der Waals surface area contributed by atoms with E-state index in [9.17, 15) is 0 Å². The fourth-order valence-corrected chi connectivity index (χ4v) is 5.57. The quantitative estimate of drug-likeness (QED) is 0.169. The second-order valence-corrected chi connectivity index (χ2v) is 10.2. The van der Waals surface area contributed by atoms with Crippen LogP contribution in [0.25, 0.3) is 66.1 Å². The van der Waals surface area contributed by atoms with E-state index in [1.54, 1.807) is 0 Å². The zero-order valence-corrected chi connectivity index (χ0v) is 22.8. The maximum Gasteiger partial charge on any atom is 0.0979 e. The standard InChI is InChI=1S/C38H26N4/c1-2-40-23-35(39)29-14-8-12-27(21-29)25-10-7-11-26(20-25)28-13-9-15-30(22-28)36-24-41-37-33-18-5-3-16-31(33)32-17-4-6-19-34(32)38(37)42-36/h2-24,39H,1H2. The summed E-state index contributed by atoms with van der Waals surface area (Å²) in [7, 11) is 0. The van der Waals surface area contributed by atoms with Gasteiger partial charge in [0.15, 0.2) is 0 Å². The van der Waals surface area contributed by atoms with Crippen molar-refractivity contribution in [3.8, 4) is 33.5 Å². The minimum absolute atomic E-state index is 0.345. The van der Waals surface area contributed by atoms with Crippen molar-refractivity contribution >= 4 is 44.5 Å². The lowest BCUT2D eigenvalue weighted by Gasteiger charge is -2.11. The van der Waals surface area contributed by atoms with Crippen LogP contribution < -0.4 is 0 Å². The number of aliphatic imine (C=N–C) groups is 1. The Morgan fingerprint density at radius 3 is 1.76 bits per heavy atom. The minimum Gasteiger partial charge on any atom is -0.299 e. The van der Waals surface area contributed by atoms with Gasteiger partial charge in [0.25, 0.3) is 0 Å². The number of aromatic nitrogens is 2. The van der Waals surface area contributed by atoms with Gasteiger partial charge in [-0.2, -0.15) is 0 Å². The molecule has 0 saturated heterocycles. The molecule has 0 spiro atoms. The zero-order valence-electron chi connectivity index (χ0n) is 22.8. The zero-order chi connectivity index (χ0) is 28.5. The van der Waals surface area contributed by atoms with Crippen LogP contribution in [0, 0.1) is 5.41 Å². The Balaban J connectivity index is 1.29. The van der Waals surface area contributed by atoms with Crippen LogP contribution in [0.1, 0.15) is 5.56 Å². The Kier molecular flexibility index (Phi) is 6.42. The Morgan fingerprint density at radius 1 is 0.595 bits per heavy atom. The molecule has 4 nitrogen and oxygen atoms in total. The molecule has 0 aliphatic heterocycles. The molecule has 1 N–H and O–H groups in total. The smallest absolute Gasteiger partial charge is 0.0979 e. The van der Waals surface area contributed by atoms with E-state index >= 15 is 0 Å². The summed E-state index contributed by atoms with van der Waals surface area (Å²) in [6, 6.07) is 41.8. The van der Waals surface area contributed by atoms with Gasteiger partial charge in [-0.3, -0.25) is 15.4 Å². The Hall–Kier alpha value is -5.74. The summed E-state index contributed by atoms with van der Waals surface area (Å²) in [6.45, 7) is 3.59. The van der Waals surface area contributed by atoms with Crippen molar-refractivity contribution < 1.29 is 0 Å². The molecule has 0 unspecified atom stereocenters. The molecule has 198 valence electrons. The lowest BCUT2D eigenvalue weighted by Crippen LogP contribution is -2.00. The highest BCUT2D eigenvalue weighted by Crippen LogP contribution is 2.35. The topological polar surface area (TPSA) is 62.0 Å². The summed E-state index contributed by atoms with van der Waals surface area (Å²) < 4.78 is 0. The average molecular weight is 539 g/mol. The number of hydrogen-bond acceptors (Lipinski definition) is 4. The fraction of sp³-hybridized carbons (Fsp3) is 0. The molecule has 0 bridgehead atoms. The molecule has 0 atom stereocenters. The average Bonchev–Trinajstić information content (AvgIpc) is 3.07. The van der Waals surface area contributed by atoms with Crippen molar-refractivity contribution in [3.05, 3.63) is 146 Å². The van der Waals surface area contributed by atoms with E-state index in [0.29, 0.717) is 5.71 Å². The van der Waals surface area contributed by atoms with Gasteiger partial charge in [0.1, 0.15) is 0 Å². The number of rotatable bonds is 6. The maximum atomic E-state index is 8.30. The highest BCUT2D eigenvalue weighted by Gasteiger charge is 2.13. The summed E-state index contributed by atoms with van der Waals surface area (Å²) in [4.78, 5) is 14.1. The van der Waals surface area contributed by atoms with Gasteiger partial charge in [-0.05, 0) is 51.2 Å². The SMILES string of the molecule is C=CN=CC(=N)c1cccc(-c2cccc(-c3cccc(-c4cnc5c6ccccc6c6ccccc6c5n4)c3)c2)c1. The van der Waals surface area contributed by atoms with Crippen LogP contribution in [-0.4, -0.2) is 21.9 Å². The van der Waals surface area contributed by atoms with Crippen molar-refractivity contribution in [1.29, 1.82) is 5.41 Å². The molecular formula is C38H26N4. The van der Waals surface area contributed by atoms with Crippen LogP contribution >= 0.6 is 0 Å². The van der Waals surface area contributed by atoms with Gasteiger partial charge in [-0.1, -0.05) is 110 Å². The maximum absolute atomic E-state index is 8.30. The van der Waals surface area contributed by atoms with E-state index in [1.165, 1.54) is 23.2 Å². The first-order valence-electron chi connectivity index (χ1n) is 13.8. The lowest BCUT2D eigenvalue weighted by molar-refractivity contribution is 1.31. The largest absolute Gasteiger partial charge is 0.299 e. The predicted molar refractivity (Wildman–Crippen MR) is 176 cm³/mol. The van der Waals surface area contributed by atoms with Crippen molar-refractivity contribution in [3.63, 3.8) is 0 Å². The summed E-state index contributed by atoms with van der Waals surface area (Å²) in [5.74, 6) is 0. The first-order chi connectivity index (χ1) is 20.7. The molecule has 0 aliphatic rings. The second-order valence-electron chi connectivity index (χ2n) is 10.2. The molecule has 0 saturated carbocycles. The van der Waals surface area contributed by atoms with Gasteiger partial charge >= 0.3 is 0 Å². The van der Waals surface area contributed by atoms with Gasteiger partial charge < -0.3 is 0 Å². The molecule has 7 aromatic rings. The molecule has 7 rings (SSSR count). The predicted octanol–water partition coefficient (Wildman–Crippen LogP) is 9.52. The summed E-state index contributed by atoms with van der Waals surface area (Å²) >= 11 is 0. The number of benzene rings is 6. The Morgan fingerprint density at radius 2 is 1.12 bits per heavy atom. The molecule has 0 aliphatic carbocycles. The van der Waals surface area contributed by atoms with Gasteiger partial charge in [-0.25, -0.2) is 4.98 Å². The third-order valence-electron chi connectivity index (χ3n) is 7.60. The van der Waals surface area contributed by atoms with E-state index in [1.807, 2.05) is 24.4 Å². The number of nitrogens with zero attached hydrogens (tertiary/aromatic N) is 3. The fourth-order valence-electron chi connectivity index (χ4n) is 5.57. The highest BCUT2D eigenvalue weighted by atomic mass is 14.8. The van der Waals surface area contributed by atoms with Crippen molar-refractivity contribution in [2.45, 2.75) is 0 Å². The van der Waals surface area contributed by atoms with Crippen molar-refractivity contribution in [2.75, 3.05) is 0 Å². The third-order valence-corrected chi connectivity index (χ3v) is 7.60. The first kappa shape index (κ1) is 25.2. The summed E-state index contributed by atoms with van der Waals surface area (Å²) in [6.07, 6.45) is 4.83. The van der Waals surface area contributed by atoms with Gasteiger partial charge in [0.2, 0.25) is 0 Å². The minimum atomic E-state index is 0.345. The Labute approximate surface area is 243 Å². The summed E-state index contributed by atoms with van der Waals surface area (Å²) in [5.41, 5.74) is 9.17. The number of nitrogens with one attached hydrogen (secondary N) is 1. The van der Waals surface area contributed by atoms with E-state index in [2.05, 4.69) is 115 Å². The molecule has 1 aromatic heterocycles. The van der Waals surface area contributed by atoms with Crippen molar-refractivity contribution in [2.24, 2.45) is 4.99 Å². The molecule has 6 aromatic carbocycles. The molecular weight excluding hydrogens is 512 g/mol. The van der Waals surface area contributed by atoms with E-state index < -0.39 is 0 Å². The van der Waals surface area contributed by atoms with Crippen LogP contribution in [0.3, 0.4) is 0 Å². The summed E-state index contributed by atoms with van der Waals surface area (Å²) in [5, 5.41) is 12.9. The van der Waals surface area contributed by atoms with Crippen LogP contribution in [0.15, 0.2) is 145 Å². The molecule has 0 fully saturated rings. The first-order valence-corrected chi connectivity index (χ1v) is 13.8. The number of hydrogen-bond donors (Lipinski definition) is 1. The lowest BCUT2D eigenvalue weighted by atomic mass is 9.96. The molecule has 4 heteroatoms. The molecule has 0 radical (unpaired) electrons. The second kappa shape index (κ2) is 10.7. The molecule has 42 heavy (non-hydrogen) atoms.